The van der Waals surface area contributed by atoms with Gasteiger partial charge < -0.3 is 9.47 Å². The van der Waals surface area contributed by atoms with Crippen LogP contribution in [0, 0.1) is 5.41 Å². The summed E-state index contributed by atoms with van der Waals surface area (Å²) in [6.07, 6.45) is 14.3. The van der Waals surface area contributed by atoms with Crippen LogP contribution in [0.3, 0.4) is 0 Å². The number of ketones is 1. The van der Waals surface area contributed by atoms with Gasteiger partial charge in [0.1, 0.15) is 8.07 Å². The third-order valence-corrected chi connectivity index (χ3v) is 10.7. The Hall–Kier alpha value is -1.49. The van der Waals surface area contributed by atoms with Crippen molar-refractivity contribution in [2.75, 3.05) is 13.2 Å². The Bertz CT molecular complexity index is 747. The molecule has 0 bridgehead atoms. The molecule has 2 unspecified atom stereocenters. The summed E-state index contributed by atoms with van der Waals surface area (Å²) in [6.45, 7) is 8.48. The van der Waals surface area contributed by atoms with E-state index in [0.717, 1.165) is 51.6 Å². The molecule has 0 saturated carbocycles. The predicted molar refractivity (Wildman–Crippen MR) is 127 cm³/mol. The Morgan fingerprint density at radius 2 is 2.03 bits per heavy atom. The van der Waals surface area contributed by atoms with Crippen molar-refractivity contribution >= 4 is 19.0 Å². The van der Waals surface area contributed by atoms with Crippen molar-refractivity contribution < 1.29 is 14.3 Å². The zero-order chi connectivity index (χ0) is 21.5. The highest BCUT2D eigenvalue weighted by Gasteiger charge is 2.33. The molecule has 4 heteroatoms. The SMILES string of the molecule is CC1(C/C=C(\CCOC2CCCCO2)[Si](C)(C)c2ccccc2)CCCC=CC1=O. The largest absolute Gasteiger partial charge is 0.353 e. The van der Waals surface area contributed by atoms with Gasteiger partial charge in [-0.15, -0.1) is 0 Å². The standard InChI is InChI=1S/C26H38O3Si/c1-26(18-10-5-8-14-24(26)27)19-16-23(17-21-29-25-15-9-11-20-28-25)30(2,3)22-12-6-4-7-13-22/h4,6-8,12-14,16,25H,5,9-11,15,17-21H2,1-3H3/b23-16+. The molecule has 0 spiro atoms. The van der Waals surface area contributed by atoms with Gasteiger partial charge >= 0.3 is 0 Å². The van der Waals surface area contributed by atoms with E-state index in [1.165, 1.54) is 16.8 Å². The molecule has 3 nitrogen and oxygen atoms in total. The number of ether oxygens (including phenoxy) is 2. The maximum Gasteiger partial charge on any atom is 0.161 e. The topological polar surface area (TPSA) is 35.5 Å². The van der Waals surface area contributed by atoms with Crippen molar-refractivity contribution in [1.29, 1.82) is 0 Å². The third-order valence-electron chi connectivity index (χ3n) is 6.87. The summed E-state index contributed by atoms with van der Waals surface area (Å²) in [6, 6.07) is 10.9. The van der Waals surface area contributed by atoms with E-state index in [4.69, 9.17) is 9.47 Å². The second-order valence-electron chi connectivity index (χ2n) is 9.56. The molecule has 2 aliphatic rings. The van der Waals surface area contributed by atoms with E-state index in [-0.39, 0.29) is 17.5 Å². The summed E-state index contributed by atoms with van der Waals surface area (Å²) < 4.78 is 11.8. The minimum absolute atomic E-state index is 0.0485. The van der Waals surface area contributed by atoms with Crippen LogP contribution in [0.2, 0.25) is 13.1 Å². The fourth-order valence-electron chi connectivity index (χ4n) is 4.53. The van der Waals surface area contributed by atoms with Gasteiger partial charge in [-0.1, -0.05) is 72.9 Å². The first-order valence-corrected chi connectivity index (χ1v) is 14.6. The lowest BCUT2D eigenvalue weighted by atomic mass is 9.79. The summed E-state index contributed by atoms with van der Waals surface area (Å²) in [5.74, 6) is 0.279. The lowest BCUT2D eigenvalue weighted by Crippen LogP contribution is -2.44. The van der Waals surface area contributed by atoms with Crippen LogP contribution in [-0.4, -0.2) is 33.4 Å². The highest BCUT2D eigenvalue weighted by molar-refractivity contribution is 6.95. The van der Waals surface area contributed by atoms with Crippen molar-refractivity contribution in [2.24, 2.45) is 5.41 Å². The first kappa shape index (κ1) is 23.2. The second-order valence-corrected chi connectivity index (χ2v) is 14.0. The van der Waals surface area contributed by atoms with Gasteiger partial charge in [-0.3, -0.25) is 4.79 Å². The van der Waals surface area contributed by atoms with Crippen molar-refractivity contribution in [3.05, 3.63) is 53.8 Å². The van der Waals surface area contributed by atoms with E-state index in [1.807, 2.05) is 12.2 Å². The Balaban J connectivity index is 1.76. The number of hydrogen-bond acceptors (Lipinski definition) is 3. The number of carbonyl (C=O) groups is 1. The van der Waals surface area contributed by atoms with Crippen LogP contribution in [0.25, 0.3) is 0 Å². The van der Waals surface area contributed by atoms with Crippen LogP contribution in [0.1, 0.15) is 58.3 Å². The van der Waals surface area contributed by atoms with Crippen molar-refractivity contribution in [1.82, 2.24) is 0 Å². The molecule has 0 radical (unpaired) electrons. The van der Waals surface area contributed by atoms with Crippen LogP contribution in [0.15, 0.2) is 53.8 Å². The van der Waals surface area contributed by atoms with Gasteiger partial charge in [0.15, 0.2) is 12.1 Å². The number of carbonyl (C=O) groups excluding carboxylic acids is 1. The van der Waals surface area contributed by atoms with Gasteiger partial charge in [0.05, 0.1) is 6.61 Å². The normalized spacial score (nSPS) is 25.9. The summed E-state index contributed by atoms with van der Waals surface area (Å²) in [5.41, 5.74) is -0.285. The average molecular weight is 427 g/mol. The monoisotopic (exact) mass is 426 g/mol. The van der Waals surface area contributed by atoms with Crippen molar-refractivity contribution in [3.8, 4) is 0 Å². The number of rotatable bonds is 8. The lowest BCUT2D eigenvalue weighted by molar-refractivity contribution is -0.161. The second kappa shape index (κ2) is 10.7. The quantitative estimate of drug-likeness (QED) is 0.500. The molecule has 0 N–H and O–H groups in total. The van der Waals surface area contributed by atoms with Gasteiger partial charge in [-0.25, -0.2) is 0 Å². The molecule has 1 aliphatic heterocycles. The van der Waals surface area contributed by atoms with Gasteiger partial charge in [0, 0.05) is 12.0 Å². The number of allylic oxidation sites excluding steroid dienone is 3. The number of hydrogen-bond donors (Lipinski definition) is 0. The van der Waals surface area contributed by atoms with E-state index in [1.54, 1.807) is 0 Å². The first-order chi connectivity index (χ1) is 14.4. The molecule has 1 aliphatic carbocycles. The van der Waals surface area contributed by atoms with E-state index in [2.05, 4.69) is 56.4 Å². The molecule has 0 aromatic heterocycles. The molecule has 1 aromatic carbocycles. The molecule has 1 fully saturated rings. The van der Waals surface area contributed by atoms with Crippen molar-refractivity contribution in [3.63, 3.8) is 0 Å². The van der Waals surface area contributed by atoms with Crippen LogP contribution in [-0.2, 0) is 14.3 Å². The highest BCUT2D eigenvalue weighted by atomic mass is 28.3. The van der Waals surface area contributed by atoms with Crippen LogP contribution >= 0.6 is 0 Å². The van der Waals surface area contributed by atoms with E-state index in [9.17, 15) is 4.79 Å². The Labute approximate surface area is 183 Å². The summed E-state index contributed by atoms with van der Waals surface area (Å²) in [5, 5.41) is 2.91. The van der Waals surface area contributed by atoms with Crippen LogP contribution < -0.4 is 5.19 Å². The molecule has 30 heavy (non-hydrogen) atoms. The first-order valence-electron chi connectivity index (χ1n) is 11.6. The zero-order valence-electron chi connectivity index (χ0n) is 19.0. The van der Waals surface area contributed by atoms with Gasteiger partial charge in [0.25, 0.3) is 0 Å². The molecule has 1 aromatic rings. The van der Waals surface area contributed by atoms with E-state index < -0.39 is 8.07 Å². The minimum Gasteiger partial charge on any atom is -0.353 e. The Morgan fingerprint density at radius 1 is 1.23 bits per heavy atom. The summed E-state index contributed by atoms with van der Waals surface area (Å²) >= 11 is 0. The van der Waals surface area contributed by atoms with Crippen molar-refractivity contribution in [2.45, 2.75) is 77.7 Å². The van der Waals surface area contributed by atoms with Gasteiger partial charge in [-0.05, 0) is 57.4 Å². The third kappa shape index (κ3) is 6.02. The smallest absolute Gasteiger partial charge is 0.161 e. The fourth-order valence-corrected chi connectivity index (χ4v) is 7.26. The summed E-state index contributed by atoms with van der Waals surface area (Å²) in [4.78, 5) is 12.7. The molecule has 3 rings (SSSR count). The molecular formula is C26H38O3Si. The molecule has 1 saturated heterocycles. The molecular weight excluding hydrogens is 388 g/mol. The van der Waals surface area contributed by atoms with Gasteiger partial charge in [0.2, 0.25) is 0 Å². The zero-order valence-corrected chi connectivity index (χ0v) is 20.0. The average Bonchev–Trinajstić information content (AvgIpc) is 2.93. The Kier molecular flexibility index (Phi) is 8.26. The van der Waals surface area contributed by atoms with Crippen LogP contribution in [0.4, 0.5) is 0 Å². The number of benzene rings is 1. The van der Waals surface area contributed by atoms with E-state index in [0.29, 0.717) is 6.61 Å². The lowest BCUT2D eigenvalue weighted by Gasteiger charge is -2.30. The molecule has 2 atom stereocenters. The highest BCUT2D eigenvalue weighted by Crippen LogP contribution is 2.34. The summed E-state index contributed by atoms with van der Waals surface area (Å²) in [7, 11) is -1.84. The minimum atomic E-state index is -1.84. The van der Waals surface area contributed by atoms with Crippen LogP contribution in [0.5, 0.6) is 0 Å². The maximum atomic E-state index is 12.7. The fraction of sp³-hybridized carbons (Fsp3) is 0.577. The van der Waals surface area contributed by atoms with E-state index >= 15 is 0 Å². The van der Waals surface area contributed by atoms with Gasteiger partial charge in [-0.2, -0.15) is 0 Å². The molecule has 1 heterocycles. The molecule has 164 valence electrons. The Morgan fingerprint density at radius 3 is 2.77 bits per heavy atom. The predicted octanol–water partition coefficient (Wildman–Crippen LogP) is 5.71. The maximum absolute atomic E-state index is 12.7. The molecule has 0 amide bonds.